The summed E-state index contributed by atoms with van der Waals surface area (Å²) in [6.07, 6.45) is 1.37. The van der Waals surface area contributed by atoms with Gasteiger partial charge in [-0.25, -0.2) is 4.79 Å². The summed E-state index contributed by atoms with van der Waals surface area (Å²) in [7, 11) is 1.41. The topological polar surface area (TPSA) is 94.2 Å². The third kappa shape index (κ3) is 5.52. The number of carbonyl (C=O) groups is 3. The number of hydrogen-bond acceptors (Lipinski definition) is 7. The smallest absolute Gasteiger partial charge is 0.344 e. The third-order valence-electron chi connectivity index (χ3n) is 4.48. The molecule has 0 unspecified atom stereocenters. The molecule has 0 bridgehead atoms. The normalized spacial score (nSPS) is 14.8. The summed E-state index contributed by atoms with van der Waals surface area (Å²) in [6, 6.07) is 7.87. The molecule has 2 aromatic carbocycles. The number of amides is 2. The van der Waals surface area contributed by atoms with Crippen LogP contribution in [0.25, 0.3) is 6.08 Å². The quantitative estimate of drug-likeness (QED) is 0.220. The van der Waals surface area contributed by atoms with Crippen molar-refractivity contribution in [1.29, 1.82) is 0 Å². The molecule has 1 aliphatic heterocycles. The van der Waals surface area contributed by atoms with Gasteiger partial charge in [0, 0.05) is 0 Å². The molecule has 12 heteroatoms. The Balaban J connectivity index is 1.97. The number of benzene rings is 2. The van der Waals surface area contributed by atoms with Crippen LogP contribution in [0.4, 0.5) is 5.69 Å². The van der Waals surface area contributed by atoms with Gasteiger partial charge in [0.1, 0.15) is 5.57 Å². The molecular formula is C22H17BrCl2N2O6S. The van der Waals surface area contributed by atoms with E-state index in [1.165, 1.54) is 13.2 Å². The Bertz CT molecular complexity index is 1220. The molecule has 178 valence electrons. The first-order valence-electron chi connectivity index (χ1n) is 9.69. The van der Waals surface area contributed by atoms with Crippen molar-refractivity contribution in [3.05, 3.63) is 56.0 Å². The van der Waals surface area contributed by atoms with E-state index < -0.39 is 17.8 Å². The SMILES string of the molecule is CCOC(=O)COc1c(Br)cc(/C=C2\C(=O)NC(=S)N(c3cccc(Cl)c3Cl)C2=O)cc1OC. The Kier molecular flexibility index (Phi) is 8.53. The summed E-state index contributed by atoms with van der Waals surface area (Å²) in [5.41, 5.74) is 0.478. The van der Waals surface area contributed by atoms with Crippen LogP contribution in [0.3, 0.4) is 0 Å². The van der Waals surface area contributed by atoms with Crippen molar-refractivity contribution in [2.75, 3.05) is 25.2 Å². The molecule has 2 aromatic rings. The van der Waals surface area contributed by atoms with Crippen molar-refractivity contribution in [2.24, 2.45) is 0 Å². The first-order chi connectivity index (χ1) is 16.2. The number of methoxy groups -OCH3 is 1. The molecule has 1 fully saturated rings. The number of thiocarbonyl (C=S) groups is 1. The van der Waals surface area contributed by atoms with Crippen molar-refractivity contribution in [2.45, 2.75) is 6.92 Å². The monoisotopic (exact) mass is 586 g/mol. The van der Waals surface area contributed by atoms with Crippen molar-refractivity contribution < 1.29 is 28.6 Å². The number of ether oxygens (including phenoxy) is 3. The number of nitrogens with one attached hydrogen (secondary N) is 1. The van der Waals surface area contributed by atoms with Crippen LogP contribution in [0.1, 0.15) is 12.5 Å². The zero-order valence-corrected chi connectivity index (χ0v) is 21.7. The molecule has 0 saturated carbocycles. The molecule has 3 rings (SSSR count). The lowest BCUT2D eigenvalue weighted by molar-refractivity contribution is -0.145. The van der Waals surface area contributed by atoms with Gasteiger partial charge in [0.05, 0.1) is 33.9 Å². The highest BCUT2D eigenvalue weighted by atomic mass is 79.9. The zero-order valence-electron chi connectivity index (χ0n) is 17.8. The van der Waals surface area contributed by atoms with Crippen LogP contribution in [0.2, 0.25) is 10.0 Å². The maximum atomic E-state index is 13.2. The van der Waals surface area contributed by atoms with E-state index in [4.69, 9.17) is 49.6 Å². The summed E-state index contributed by atoms with van der Waals surface area (Å²) in [5.74, 6) is -1.38. The molecule has 34 heavy (non-hydrogen) atoms. The van der Waals surface area contributed by atoms with E-state index in [0.29, 0.717) is 10.0 Å². The van der Waals surface area contributed by atoms with Crippen molar-refractivity contribution in [3.8, 4) is 11.5 Å². The fourth-order valence-corrected chi connectivity index (χ4v) is 4.23. The lowest BCUT2D eigenvalue weighted by atomic mass is 10.1. The highest BCUT2D eigenvalue weighted by molar-refractivity contribution is 9.10. The van der Waals surface area contributed by atoms with E-state index in [9.17, 15) is 14.4 Å². The second-order valence-corrected chi connectivity index (χ2v) is 8.68. The van der Waals surface area contributed by atoms with E-state index in [-0.39, 0.29) is 51.1 Å². The van der Waals surface area contributed by atoms with Gasteiger partial charge in [-0.3, -0.25) is 19.8 Å². The Morgan fingerprint density at radius 1 is 1.26 bits per heavy atom. The summed E-state index contributed by atoms with van der Waals surface area (Å²) in [4.78, 5) is 38.6. The van der Waals surface area contributed by atoms with Gasteiger partial charge in [-0.2, -0.15) is 0 Å². The molecule has 0 spiro atoms. The van der Waals surface area contributed by atoms with Crippen molar-refractivity contribution >= 4 is 86.0 Å². The number of carbonyl (C=O) groups excluding carboxylic acids is 3. The average molecular weight is 588 g/mol. The number of nitrogens with zero attached hydrogens (tertiary/aromatic N) is 1. The predicted molar refractivity (Wildman–Crippen MR) is 135 cm³/mol. The van der Waals surface area contributed by atoms with Crippen LogP contribution in [0.5, 0.6) is 11.5 Å². The van der Waals surface area contributed by atoms with Crippen LogP contribution in [-0.2, 0) is 19.1 Å². The molecule has 2 amide bonds. The second-order valence-electron chi connectivity index (χ2n) is 6.66. The molecule has 1 N–H and O–H groups in total. The molecule has 0 atom stereocenters. The Morgan fingerprint density at radius 3 is 2.68 bits per heavy atom. The lowest BCUT2D eigenvalue weighted by Gasteiger charge is -2.29. The number of halogens is 3. The maximum Gasteiger partial charge on any atom is 0.344 e. The third-order valence-corrected chi connectivity index (χ3v) is 6.16. The summed E-state index contributed by atoms with van der Waals surface area (Å²) in [6.45, 7) is 1.59. The largest absolute Gasteiger partial charge is 0.493 e. The second kappa shape index (κ2) is 11.2. The zero-order chi connectivity index (χ0) is 25.0. The lowest BCUT2D eigenvalue weighted by Crippen LogP contribution is -2.54. The standard InChI is InChI=1S/C22H17BrCl2N2O6S/c1-3-32-17(28)10-33-19-13(23)8-11(9-16(19)31-2)7-12-20(29)26-22(34)27(21(12)30)15-6-4-5-14(24)18(15)25/h4-9H,3,10H2,1-2H3,(H,26,29,34)/b12-7+. The van der Waals surface area contributed by atoms with E-state index in [2.05, 4.69) is 21.2 Å². The van der Waals surface area contributed by atoms with Gasteiger partial charge >= 0.3 is 5.97 Å². The van der Waals surface area contributed by atoms with Crippen LogP contribution in [-0.4, -0.2) is 43.2 Å². The Labute approximate surface area is 218 Å². The number of esters is 1. The van der Waals surface area contributed by atoms with Crippen molar-refractivity contribution in [1.82, 2.24) is 5.32 Å². The highest BCUT2D eigenvalue weighted by Gasteiger charge is 2.35. The summed E-state index contributed by atoms with van der Waals surface area (Å²) in [5, 5.41) is 2.70. The van der Waals surface area contributed by atoms with Gasteiger partial charge in [0.25, 0.3) is 11.8 Å². The van der Waals surface area contributed by atoms with Gasteiger partial charge in [0.2, 0.25) is 0 Å². The first-order valence-corrected chi connectivity index (χ1v) is 11.6. The maximum absolute atomic E-state index is 13.2. The molecule has 1 aliphatic rings. The Morgan fingerprint density at radius 2 is 2.00 bits per heavy atom. The fraction of sp³-hybridized carbons (Fsp3) is 0.182. The molecule has 8 nitrogen and oxygen atoms in total. The Hall–Kier alpha value is -2.66. The summed E-state index contributed by atoms with van der Waals surface area (Å²) < 4.78 is 16.1. The molecule has 0 radical (unpaired) electrons. The van der Waals surface area contributed by atoms with Crippen molar-refractivity contribution in [3.63, 3.8) is 0 Å². The molecular weight excluding hydrogens is 571 g/mol. The van der Waals surface area contributed by atoms with E-state index in [1.807, 2.05) is 0 Å². The van der Waals surface area contributed by atoms with E-state index >= 15 is 0 Å². The first kappa shape index (κ1) is 26.0. The average Bonchev–Trinajstić information content (AvgIpc) is 2.78. The highest BCUT2D eigenvalue weighted by Crippen LogP contribution is 2.38. The van der Waals surface area contributed by atoms with E-state index in [0.717, 1.165) is 4.90 Å². The minimum absolute atomic E-state index is 0.114. The van der Waals surface area contributed by atoms with Crippen LogP contribution < -0.4 is 19.7 Å². The van der Waals surface area contributed by atoms with E-state index in [1.54, 1.807) is 37.3 Å². The number of hydrogen-bond donors (Lipinski definition) is 1. The minimum Gasteiger partial charge on any atom is -0.493 e. The van der Waals surface area contributed by atoms with Gasteiger partial charge in [0.15, 0.2) is 23.2 Å². The fourth-order valence-electron chi connectivity index (χ4n) is 3.00. The molecule has 1 saturated heterocycles. The van der Waals surface area contributed by atoms with Gasteiger partial charge in [-0.1, -0.05) is 29.3 Å². The number of rotatable bonds is 7. The molecule has 0 aliphatic carbocycles. The van der Waals surface area contributed by atoms with Crippen LogP contribution >= 0.6 is 51.3 Å². The minimum atomic E-state index is -0.685. The van der Waals surface area contributed by atoms with Gasteiger partial charge in [-0.05, 0) is 71.0 Å². The van der Waals surface area contributed by atoms with Crippen LogP contribution in [0.15, 0.2) is 40.4 Å². The predicted octanol–water partition coefficient (Wildman–Crippen LogP) is 4.54. The number of anilines is 1. The molecule has 1 heterocycles. The van der Waals surface area contributed by atoms with Gasteiger partial charge in [-0.15, -0.1) is 0 Å². The summed E-state index contributed by atoms with van der Waals surface area (Å²) >= 11 is 20.9. The van der Waals surface area contributed by atoms with Crippen LogP contribution in [0, 0.1) is 0 Å². The molecule has 0 aromatic heterocycles. The van der Waals surface area contributed by atoms with Gasteiger partial charge < -0.3 is 14.2 Å².